The van der Waals surface area contributed by atoms with Crippen LogP contribution >= 0.6 is 0 Å². The fourth-order valence-corrected chi connectivity index (χ4v) is 2.04. The van der Waals surface area contributed by atoms with Gasteiger partial charge in [-0.05, 0) is 19.4 Å². The van der Waals surface area contributed by atoms with Crippen molar-refractivity contribution in [1.82, 2.24) is 14.8 Å². The van der Waals surface area contributed by atoms with Gasteiger partial charge in [-0.3, -0.25) is 25.2 Å². The van der Waals surface area contributed by atoms with Crippen LogP contribution < -0.4 is 5.69 Å². The molecule has 156 valence electrons. The number of nitro groups is 2. The number of ether oxygens (including phenoxy) is 2. The lowest BCUT2D eigenvalue weighted by molar-refractivity contribution is -0.393. The number of rotatable bonds is 3. The third-order valence-corrected chi connectivity index (χ3v) is 3.27. The zero-order valence-corrected chi connectivity index (χ0v) is 16.2. The van der Waals surface area contributed by atoms with Gasteiger partial charge in [0, 0.05) is 19.1 Å². The molecule has 29 heavy (non-hydrogen) atoms. The second-order valence-electron chi connectivity index (χ2n) is 5.40. The van der Waals surface area contributed by atoms with Gasteiger partial charge in [-0.25, -0.2) is 9.59 Å². The number of benzene rings is 1. The van der Waals surface area contributed by atoms with Gasteiger partial charge in [-0.15, -0.1) is 10.1 Å². The maximum absolute atomic E-state index is 11.7. The van der Waals surface area contributed by atoms with Crippen LogP contribution in [0.2, 0.25) is 0 Å². The van der Waals surface area contributed by atoms with Crippen LogP contribution in [0.5, 0.6) is 0 Å². The molecule has 2 aromatic rings. The number of hydrogen-bond donors (Lipinski definition) is 1. The second kappa shape index (κ2) is 9.72. The van der Waals surface area contributed by atoms with E-state index in [-0.39, 0.29) is 5.82 Å². The summed E-state index contributed by atoms with van der Waals surface area (Å²) in [5.74, 6) is 0.487. The molecule has 1 heterocycles. The van der Waals surface area contributed by atoms with Crippen LogP contribution in [0.15, 0.2) is 21.9 Å². The number of hydrogen-bond acceptors (Lipinski definition) is 9. The lowest BCUT2D eigenvalue weighted by atomic mass is 10.1. The molecule has 0 atom stereocenters. The van der Waals surface area contributed by atoms with Gasteiger partial charge in [0.2, 0.25) is 5.69 Å². The molecule has 0 aliphatic rings. The molecule has 2 rings (SSSR count). The third-order valence-electron chi connectivity index (χ3n) is 3.27. The SMILES string of the molecule is COC(=O)N=C(C)OC.Cc1cc([N+](=O)[O-])c(-n2nc(C)[nH]c2=O)c([N+](=O)[O-])c1. The highest BCUT2D eigenvalue weighted by atomic mass is 16.6. The smallest absolute Gasteiger partial charge is 0.436 e. The number of aromatic amines is 1. The van der Waals surface area contributed by atoms with Crippen molar-refractivity contribution in [3.8, 4) is 5.69 Å². The van der Waals surface area contributed by atoms with Gasteiger partial charge in [-0.2, -0.15) is 4.68 Å². The van der Waals surface area contributed by atoms with Crippen molar-refractivity contribution in [2.24, 2.45) is 4.99 Å². The molecule has 0 radical (unpaired) electrons. The summed E-state index contributed by atoms with van der Waals surface area (Å²) in [6.07, 6.45) is -0.644. The number of methoxy groups -OCH3 is 2. The van der Waals surface area contributed by atoms with E-state index in [1.54, 1.807) is 6.92 Å². The Morgan fingerprint density at radius 3 is 2.00 bits per heavy atom. The van der Waals surface area contributed by atoms with Crippen LogP contribution in [-0.2, 0) is 9.47 Å². The zero-order chi connectivity index (χ0) is 22.3. The number of nitrogens with zero attached hydrogens (tertiary/aromatic N) is 5. The molecule has 14 heteroatoms. The number of H-pyrrole nitrogens is 1. The van der Waals surface area contributed by atoms with Crippen molar-refractivity contribution < 1.29 is 24.1 Å². The van der Waals surface area contributed by atoms with E-state index in [9.17, 15) is 29.8 Å². The number of amides is 1. The Labute approximate surface area is 163 Å². The summed E-state index contributed by atoms with van der Waals surface area (Å²) in [5.41, 5.74) is -2.00. The van der Waals surface area contributed by atoms with Crippen LogP contribution in [0.4, 0.5) is 16.2 Å². The van der Waals surface area contributed by atoms with Gasteiger partial charge in [0.25, 0.3) is 0 Å². The highest BCUT2D eigenvalue weighted by Crippen LogP contribution is 2.32. The summed E-state index contributed by atoms with van der Waals surface area (Å²) >= 11 is 0. The van der Waals surface area contributed by atoms with Gasteiger partial charge in [0.05, 0.1) is 24.1 Å². The number of nitro benzene ring substituents is 2. The summed E-state index contributed by atoms with van der Waals surface area (Å²) in [5, 5.41) is 25.9. The van der Waals surface area contributed by atoms with Gasteiger partial charge in [-0.1, -0.05) is 0 Å². The molecule has 0 bridgehead atoms. The van der Waals surface area contributed by atoms with Crippen molar-refractivity contribution in [1.29, 1.82) is 0 Å². The molecule has 0 aliphatic carbocycles. The molecule has 0 fully saturated rings. The molecule has 0 unspecified atom stereocenters. The van der Waals surface area contributed by atoms with Crippen LogP contribution in [0.25, 0.3) is 5.69 Å². The molecule has 1 aromatic carbocycles. The number of carbonyl (C=O) groups is 1. The maximum atomic E-state index is 11.7. The third kappa shape index (κ3) is 5.95. The molecule has 14 nitrogen and oxygen atoms in total. The monoisotopic (exact) mass is 410 g/mol. The van der Waals surface area contributed by atoms with Gasteiger partial charge < -0.3 is 9.47 Å². The summed E-state index contributed by atoms with van der Waals surface area (Å²) in [4.78, 5) is 48.2. The van der Waals surface area contributed by atoms with Crippen molar-refractivity contribution in [3.63, 3.8) is 0 Å². The highest BCUT2D eigenvalue weighted by Gasteiger charge is 2.29. The van der Waals surface area contributed by atoms with Crippen molar-refractivity contribution in [2.45, 2.75) is 20.8 Å². The van der Waals surface area contributed by atoms with E-state index in [1.165, 1.54) is 28.1 Å². The number of aliphatic imine (C=N–C) groups is 1. The standard InChI is InChI=1S/C10H9N5O5.C5H9NO3/c1-5-3-7(14(17)18)9(8(4-5)15(19)20)13-10(16)11-6(2)12-13;1-4(8-2)6-5(7)9-3/h3-4H,1-2H3,(H,11,12,16);1-3H3. The minimum absolute atomic E-state index is 0.194. The average molecular weight is 410 g/mol. The van der Waals surface area contributed by atoms with Gasteiger partial charge in [0.1, 0.15) is 5.82 Å². The van der Waals surface area contributed by atoms with E-state index in [1.807, 2.05) is 0 Å². The molecule has 0 aliphatic heterocycles. The van der Waals surface area contributed by atoms with E-state index >= 15 is 0 Å². The van der Waals surface area contributed by atoms with E-state index in [0.29, 0.717) is 16.1 Å². The number of nitrogens with one attached hydrogen (secondary N) is 1. The topological polar surface area (TPSA) is 185 Å². The van der Waals surface area contributed by atoms with Crippen LogP contribution in [0.3, 0.4) is 0 Å². The Bertz CT molecular complexity index is 987. The fourth-order valence-electron chi connectivity index (χ4n) is 2.04. The Kier molecular flexibility index (Phi) is 7.69. The lowest BCUT2D eigenvalue weighted by Crippen LogP contribution is -2.18. The first-order chi connectivity index (χ1) is 13.5. The van der Waals surface area contributed by atoms with E-state index < -0.39 is 38.7 Å². The quantitative estimate of drug-likeness (QED) is 0.341. The molecule has 1 aromatic heterocycles. The first-order valence-electron chi connectivity index (χ1n) is 7.78. The fraction of sp³-hybridized carbons (Fsp3) is 0.333. The second-order valence-corrected chi connectivity index (χ2v) is 5.40. The normalized spacial score (nSPS) is 10.6. The van der Waals surface area contributed by atoms with Crippen molar-refractivity contribution in [2.75, 3.05) is 14.2 Å². The zero-order valence-electron chi connectivity index (χ0n) is 16.2. The first kappa shape index (κ1) is 22.9. The Morgan fingerprint density at radius 2 is 1.66 bits per heavy atom. The number of aromatic nitrogens is 3. The van der Waals surface area contributed by atoms with Gasteiger partial charge in [0.15, 0.2) is 5.90 Å². The lowest BCUT2D eigenvalue weighted by Gasteiger charge is -2.04. The number of carbonyl (C=O) groups excluding carboxylic acids is 1. The predicted molar refractivity (Wildman–Crippen MR) is 99.5 cm³/mol. The van der Waals surface area contributed by atoms with E-state index in [2.05, 4.69) is 24.5 Å². The minimum Gasteiger partial charge on any atom is -0.484 e. The average Bonchev–Trinajstić information content (AvgIpc) is 2.98. The molecule has 0 saturated heterocycles. The summed E-state index contributed by atoms with van der Waals surface area (Å²) in [6.45, 7) is 4.52. The maximum Gasteiger partial charge on any atom is 0.436 e. The molecule has 1 amide bonds. The number of aryl methyl sites for hydroxylation is 2. The van der Waals surface area contributed by atoms with Gasteiger partial charge >= 0.3 is 23.2 Å². The van der Waals surface area contributed by atoms with E-state index in [4.69, 9.17) is 0 Å². The molecule has 1 N–H and O–H groups in total. The van der Waals surface area contributed by atoms with Crippen molar-refractivity contribution >= 4 is 23.4 Å². The summed E-state index contributed by atoms with van der Waals surface area (Å²) in [6, 6.07) is 2.30. The molecular weight excluding hydrogens is 392 g/mol. The molecule has 0 spiro atoms. The van der Waals surface area contributed by atoms with Crippen molar-refractivity contribution in [3.05, 3.63) is 54.2 Å². The Hall–Kier alpha value is -4.10. The molecular formula is C15H18N6O8. The Morgan fingerprint density at radius 1 is 1.14 bits per heavy atom. The first-order valence-corrected chi connectivity index (χ1v) is 7.78. The minimum atomic E-state index is -0.786. The van der Waals surface area contributed by atoms with Crippen LogP contribution in [0.1, 0.15) is 18.3 Å². The highest BCUT2D eigenvalue weighted by molar-refractivity contribution is 5.86. The van der Waals surface area contributed by atoms with Crippen LogP contribution in [0, 0.1) is 34.1 Å². The van der Waals surface area contributed by atoms with E-state index in [0.717, 1.165) is 12.1 Å². The summed E-state index contributed by atoms with van der Waals surface area (Å²) < 4.78 is 9.42. The molecule has 0 saturated carbocycles. The summed E-state index contributed by atoms with van der Waals surface area (Å²) in [7, 11) is 2.69. The predicted octanol–water partition coefficient (Wildman–Crippen LogP) is 1.81. The van der Waals surface area contributed by atoms with Crippen LogP contribution in [-0.4, -0.2) is 50.8 Å². The Balaban J connectivity index is 0.000000396. The largest absolute Gasteiger partial charge is 0.484 e.